The minimum Gasteiger partial charge on any atom is -0.464 e. The zero-order chi connectivity index (χ0) is 19.7. The first kappa shape index (κ1) is 20.6. The van der Waals surface area contributed by atoms with E-state index in [9.17, 15) is 4.79 Å². The minimum absolute atomic E-state index is 0. The molecule has 0 N–H and O–H groups in total. The van der Waals surface area contributed by atoms with Crippen LogP contribution in [0, 0.1) is 5.92 Å². The Morgan fingerprint density at radius 3 is 2.97 bits per heavy atom. The molecule has 3 aromatic heterocycles. The van der Waals surface area contributed by atoms with Crippen molar-refractivity contribution in [3.05, 3.63) is 43.0 Å². The van der Waals surface area contributed by atoms with Gasteiger partial charge in [0.25, 0.3) is 0 Å². The van der Waals surface area contributed by atoms with Gasteiger partial charge in [0.2, 0.25) is 5.91 Å². The Morgan fingerprint density at radius 1 is 1.41 bits per heavy atom. The molecule has 0 aliphatic carbocycles. The van der Waals surface area contributed by atoms with E-state index in [1.807, 2.05) is 34.8 Å². The Bertz CT molecular complexity index is 1020. The molecule has 0 saturated carbocycles. The van der Waals surface area contributed by atoms with Crippen molar-refractivity contribution in [1.82, 2.24) is 29.0 Å². The lowest BCUT2D eigenvalue weighted by Gasteiger charge is -2.32. The maximum atomic E-state index is 12.2. The number of aromatic nitrogens is 5. The summed E-state index contributed by atoms with van der Waals surface area (Å²) in [5.74, 6) is 0.290. The monoisotopic (exact) mass is 396 g/mol. The van der Waals surface area contributed by atoms with Crippen molar-refractivity contribution in [2.24, 2.45) is 13.0 Å². The zero-order valence-corrected chi connectivity index (χ0v) is 16.2. The number of nitrogens with zero attached hydrogens (tertiary/aromatic N) is 6. The molecule has 1 aliphatic rings. The van der Waals surface area contributed by atoms with E-state index in [2.05, 4.69) is 21.6 Å². The van der Waals surface area contributed by atoms with Gasteiger partial charge in [-0.3, -0.25) is 13.9 Å². The van der Waals surface area contributed by atoms with Crippen molar-refractivity contribution in [2.45, 2.75) is 27.2 Å². The SMILES string of the molecule is C.C=C(C)C(=O)N1CCC[C@H](COc2nc(-c3cnn(C)c3)cc3nccn23)C1. The fourth-order valence-corrected chi connectivity index (χ4v) is 3.55. The smallest absolute Gasteiger partial charge is 0.302 e. The quantitative estimate of drug-likeness (QED) is 0.620. The van der Waals surface area contributed by atoms with Crippen LogP contribution in [0.25, 0.3) is 16.9 Å². The molecule has 0 spiro atoms. The highest BCUT2D eigenvalue weighted by Crippen LogP contribution is 2.24. The lowest BCUT2D eigenvalue weighted by molar-refractivity contribution is -0.129. The first-order valence-corrected chi connectivity index (χ1v) is 9.42. The Morgan fingerprint density at radius 2 is 2.24 bits per heavy atom. The van der Waals surface area contributed by atoms with Gasteiger partial charge < -0.3 is 9.64 Å². The van der Waals surface area contributed by atoms with E-state index in [0.29, 0.717) is 24.7 Å². The summed E-state index contributed by atoms with van der Waals surface area (Å²) in [4.78, 5) is 23.1. The molecule has 8 nitrogen and oxygen atoms in total. The number of amides is 1. The Labute approximate surface area is 170 Å². The molecule has 0 aromatic carbocycles. The number of hydrogen-bond donors (Lipinski definition) is 0. The van der Waals surface area contributed by atoms with Crippen molar-refractivity contribution >= 4 is 11.6 Å². The third-order valence-electron chi connectivity index (χ3n) is 4.98. The summed E-state index contributed by atoms with van der Waals surface area (Å²) in [6, 6.07) is 2.41. The van der Waals surface area contributed by atoms with E-state index in [1.165, 1.54) is 0 Å². The Balaban J connectivity index is 0.00000240. The van der Waals surface area contributed by atoms with Crippen molar-refractivity contribution < 1.29 is 9.53 Å². The molecule has 0 bridgehead atoms. The third-order valence-corrected chi connectivity index (χ3v) is 4.98. The van der Waals surface area contributed by atoms with Crippen LogP contribution in [-0.4, -0.2) is 54.7 Å². The molecule has 4 heterocycles. The first-order valence-electron chi connectivity index (χ1n) is 9.42. The largest absolute Gasteiger partial charge is 0.464 e. The lowest BCUT2D eigenvalue weighted by Crippen LogP contribution is -2.41. The number of imidazole rings is 1. The normalized spacial score (nSPS) is 16.5. The van der Waals surface area contributed by atoms with Crippen LogP contribution >= 0.6 is 0 Å². The van der Waals surface area contributed by atoms with Crippen molar-refractivity contribution in [1.29, 1.82) is 0 Å². The standard InChI is InChI=1S/C20H24N6O2.CH4/c1-14(2)19(27)25-7-4-5-15(11-25)13-28-20-23-17(16-10-22-24(3)12-16)9-18-21-6-8-26(18)20;/h6,8-10,12,15H,1,4-5,7,11,13H2,2-3H3;1H4/t15-;/m0./s1. The van der Waals surface area contributed by atoms with Gasteiger partial charge in [-0.05, 0) is 19.8 Å². The third kappa shape index (κ3) is 4.31. The van der Waals surface area contributed by atoms with Gasteiger partial charge in [0, 0.05) is 61.8 Å². The van der Waals surface area contributed by atoms with Crippen molar-refractivity contribution in [2.75, 3.05) is 19.7 Å². The molecule has 3 aromatic rings. The zero-order valence-electron chi connectivity index (χ0n) is 16.2. The van der Waals surface area contributed by atoms with E-state index in [4.69, 9.17) is 4.74 Å². The van der Waals surface area contributed by atoms with Crippen LogP contribution in [0.1, 0.15) is 27.2 Å². The average Bonchev–Trinajstić information content (AvgIpc) is 3.34. The summed E-state index contributed by atoms with van der Waals surface area (Å²) in [5, 5.41) is 4.21. The van der Waals surface area contributed by atoms with Gasteiger partial charge in [-0.15, -0.1) is 0 Å². The van der Waals surface area contributed by atoms with Gasteiger partial charge in [0.05, 0.1) is 18.5 Å². The number of fused-ring (bicyclic) bond motifs is 1. The van der Waals surface area contributed by atoms with Gasteiger partial charge in [-0.2, -0.15) is 10.1 Å². The molecule has 8 heteroatoms. The van der Waals surface area contributed by atoms with Gasteiger partial charge in [0.15, 0.2) is 0 Å². The molecule has 0 radical (unpaired) electrons. The van der Waals surface area contributed by atoms with E-state index in [1.54, 1.807) is 24.0 Å². The second-order valence-corrected chi connectivity index (χ2v) is 7.33. The van der Waals surface area contributed by atoms with E-state index < -0.39 is 0 Å². The molecular formula is C21H28N6O2. The second kappa shape index (κ2) is 8.46. The molecule has 1 fully saturated rings. The number of carbonyl (C=O) groups excluding carboxylic acids is 1. The minimum atomic E-state index is 0. The summed E-state index contributed by atoms with van der Waals surface area (Å²) < 4.78 is 9.67. The number of ether oxygens (including phenoxy) is 1. The maximum Gasteiger partial charge on any atom is 0.302 e. The summed E-state index contributed by atoms with van der Waals surface area (Å²) in [6.07, 6.45) is 9.24. The fourth-order valence-electron chi connectivity index (χ4n) is 3.55. The van der Waals surface area contributed by atoms with Crippen LogP contribution < -0.4 is 4.74 Å². The molecule has 1 aliphatic heterocycles. The predicted molar refractivity (Wildman–Crippen MR) is 112 cm³/mol. The summed E-state index contributed by atoms with van der Waals surface area (Å²) in [5.41, 5.74) is 3.03. The summed E-state index contributed by atoms with van der Waals surface area (Å²) in [7, 11) is 1.87. The molecule has 1 amide bonds. The van der Waals surface area contributed by atoms with Crippen LogP contribution in [0.4, 0.5) is 0 Å². The van der Waals surface area contributed by atoms with Gasteiger partial charge in [-0.1, -0.05) is 14.0 Å². The molecule has 154 valence electrons. The highest BCUT2D eigenvalue weighted by atomic mass is 16.5. The van der Waals surface area contributed by atoms with Crippen LogP contribution in [0.3, 0.4) is 0 Å². The van der Waals surface area contributed by atoms with Gasteiger partial charge >= 0.3 is 6.01 Å². The lowest BCUT2D eigenvalue weighted by atomic mass is 9.98. The van der Waals surface area contributed by atoms with E-state index in [0.717, 1.165) is 36.3 Å². The van der Waals surface area contributed by atoms with Crippen molar-refractivity contribution in [3.63, 3.8) is 0 Å². The first-order chi connectivity index (χ1) is 13.5. The second-order valence-electron chi connectivity index (χ2n) is 7.33. The van der Waals surface area contributed by atoms with Gasteiger partial charge in [-0.25, -0.2) is 4.98 Å². The maximum absolute atomic E-state index is 12.2. The van der Waals surface area contributed by atoms with Gasteiger partial charge in [0.1, 0.15) is 5.65 Å². The predicted octanol–water partition coefficient (Wildman–Crippen LogP) is 2.96. The Kier molecular flexibility index (Phi) is 6.00. The van der Waals surface area contributed by atoms with E-state index >= 15 is 0 Å². The summed E-state index contributed by atoms with van der Waals surface area (Å²) in [6.45, 7) is 7.48. The number of likely N-dealkylation sites (tertiary alicyclic amines) is 1. The number of piperidine rings is 1. The van der Waals surface area contributed by atoms with Crippen LogP contribution in [0.2, 0.25) is 0 Å². The molecule has 0 unspecified atom stereocenters. The van der Waals surface area contributed by atoms with Crippen LogP contribution in [-0.2, 0) is 11.8 Å². The highest BCUT2D eigenvalue weighted by Gasteiger charge is 2.25. The van der Waals surface area contributed by atoms with Crippen molar-refractivity contribution in [3.8, 4) is 17.3 Å². The van der Waals surface area contributed by atoms with Crippen LogP contribution in [0.5, 0.6) is 6.01 Å². The number of rotatable bonds is 5. The fraction of sp³-hybridized carbons (Fsp3) is 0.429. The number of carbonyl (C=O) groups is 1. The number of hydrogen-bond acceptors (Lipinski definition) is 5. The number of aryl methyl sites for hydroxylation is 1. The molecule has 1 saturated heterocycles. The molecular weight excluding hydrogens is 368 g/mol. The molecule has 29 heavy (non-hydrogen) atoms. The van der Waals surface area contributed by atoms with E-state index in [-0.39, 0.29) is 19.3 Å². The summed E-state index contributed by atoms with van der Waals surface area (Å²) >= 11 is 0. The van der Waals surface area contributed by atoms with Crippen LogP contribution in [0.15, 0.2) is 43.0 Å². The molecule has 1 atom stereocenters. The Hall–Kier alpha value is -3.16. The topological polar surface area (TPSA) is 77.6 Å². The molecule has 4 rings (SSSR count). The highest BCUT2D eigenvalue weighted by molar-refractivity contribution is 5.92. The average molecular weight is 396 g/mol.